The van der Waals surface area contributed by atoms with E-state index >= 15 is 0 Å². The highest BCUT2D eigenvalue weighted by molar-refractivity contribution is 6.33. The van der Waals surface area contributed by atoms with Crippen molar-refractivity contribution in [3.8, 4) is 39.9 Å². The number of hydrogen-bond acceptors (Lipinski definition) is 5. The standard InChI is InChI=1S/C53H30N4O2/c1-2-14-31(15-3-1)51-54-52(32-28-29-36-35-18-8-10-25-43(35)59-46(36)30-32)56-53(55-51)57-49-40(38-22-13-27-45-47(38)41-21-9-11-26-44(41)58-45)23-12-24-42(49)48-37-19-6-4-16-33(37)34-17-5-7-20-39(34)50(48)57/h1-30H. The van der Waals surface area contributed by atoms with Crippen molar-refractivity contribution in [3.63, 3.8) is 0 Å². The van der Waals surface area contributed by atoms with Gasteiger partial charge in [0.1, 0.15) is 22.3 Å². The highest BCUT2D eigenvalue weighted by Crippen LogP contribution is 2.47. The van der Waals surface area contributed by atoms with E-state index in [4.69, 9.17) is 23.8 Å². The van der Waals surface area contributed by atoms with E-state index < -0.39 is 0 Å². The zero-order valence-electron chi connectivity index (χ0n) is 31.4. The van der Waals surface area contributed by atoms with E-state index in [2.05, 4.69) is 132 Å². The molecule has 0 aliphatic carbocycles. The van der Waals surface area contributed by atoms with E-state index in [1.54, 1.807) is 0 Å². The minimum atomic E-state index is 0.524. The molecule has 4 aromatic heterocycles. The summed E-state index contributed by atoms with van der Waals surface area (Å²) in [6.45, 7) is 0. The van der Waals surface area contributed by atoms with Crippen LogP contribution in [0.3, 0.4) is 0 Å². The predicted octanol–water partition coefficient (Wildman–Crippen LogP) is 14.1. The normalized spacial score (nSPS) is 12.1. The number of benzene rings is 9. The molecule has 0 aliphatic rings. The highest BCUT2D eigenvalue weighted by Gasteiger charge is 2.25. The molecule has 0 saturated heterocycles. The molecule has 0 atom stereocenters. The molecule has 0 fully saturated rings. The number of rotatable bonds is 4. The molecular weight excluding hydrogens is 725 g/mol. The second-order valence-electron chi connectivity index (χ2n) is 15.1. The first kappa shape index (κ1) is 32.0. The van der Waals surface area contributed by atoms with Gasteiger partial charge in [0.05, 0.1) is 11.0 Å². The molecule has 274 valence electrons. The third-order valence-electron chi connectivity index (χ3n) is 11.8. The van der Waals surface area contributed by atoms with Crippen molar-refractivity contribution in [2.45, 2.75) is 0 Å². The van der Waals surface area contributed by atoms with Crippen molar-refractivity contribution in [3.05, 3.63) is 182 Å². The lowest BCUT2D eigenvalue weighted by Crippen LogP contribution is -2.07. The fraction of sp³-hybridized carbons (Fsp3) is 0. The van der Waals surface area contributed by atoms with Crippen molar-refractivity contribution in [1.29, 1.82) is 0 Å². The molecule has 9 aromatic carbocycles. The number of nitrogens with zero attached hydrogens (tertiary/aromatic N) is 4. The van der Waals surface area contributed by atoms with Gasteiger partial charge in [-0.25, -0.2) is 4.98 Å². The Morgan fingerprint density at radius 1 is 0.322 bits per heavy atom. The molecule has 0 spiro atoms. The summed E-state index contributed by atoms with van der Waals surface area (Å²) in [7, 11) is 0. The average molecular weight is 755 g/mol. The molecule has 0 amide bonds. The Hall–Kier alpha value is -8.09. The Morgan fingerprint density at radius 3 is 1.69 bits per heavy atom. The lowest BCUT2D eigenvalue weighted by Gasteiger charge is -2.14. The maximum absolute atomic E-state index is 6.45. The molecule has 0 saturated carbocycles. The van der Waals surface area contributed by atoms with Crippen LogP contribution < -0.4 is 0 Å². The van der Waals surface area contributed by atoms with E-state index in [1.807, 2.05) is 54.6 Å². The summed E-state index contributed by atoms with van der Waals surface area (Å²) in [5.41, 5.74) is 9.23. The maximum Gasteiger partial charge on any atom is 0.238 e. The highest BCUT2D eigenvalue weighted by atomic mass is 16.3. The van der Waals surface area contributed by atoms with Crippen molar-refractivity contribution in [1.82, 2.24) is 19.5 Å². The van der Waals surface area contributed by atoms with Crippen LogP contribution in [0.5, 0.6) is 0 Å². The van der Waals surface area contributed by atoms with Gasteiger partial charge in [-0.3, -0.25) is 4.57 Å². The van der Waals surface area contributed by atoms with Crippen LogP contribution in [-0.2, 0) is 0 Å². The van der Waals surface area contributed by atoms with Gasteiger partial charge in [-0.2, -0.15) is 9.97 Å². The minimum absolute atomic E-state index is 0.524. The van der Waals surface area contributed by atoms with Gasteiger partial charge in [0.25, 0.3) is 0 Å². The summed E-state index contributed by atoms with van der Waals surface area (Å²) in [6.07, 6.45) is 0. The van der Waals surface area contributed by atoms with Crippen LogP contribution in [0.15, 0.2) is 191 Å². The summed E-state index contributed by atoms with van der Waals surface area (Å²) in [5.74, 6) is 1.66. The van der Waals surface area contributed by atoms with E-state index in [9.17, 15) is 0 Å². The van der Waals surface area contributed by atoms with Crippen LogP contribution in [0.2, 0.25) is 0 Å². The summed E-state index contributed by atoms with van der Waals surface area (Å²) < 4.78 is 15.1. The summed E-state index contributed by atoms with van der Waals surface area (Å²) in [4.78, 5) is 16.0. The lowest BCUT2D eigenvalue weighted by atomic mass is 9.95. The first-order valence-corrected chi connectivity index (χ1v) is 19.8. The van der Waals surface area contributed by atoms with Crippen LogP contribution in [0, 0.1) is 0 Å². The molecule has 0 radical (unpaired) electrons. The molecule has 0 unspecified atom stereocenters. The predicted molar refractivity (Wildman–Crippen MR) is 240 cm³/mol. The fourth-order valence-electron chi connectivity index (χ4n) is 9.32. The average Bonchev–Trinajstić information content (AvgIpc) is 3.99. The number of hydrogen-bond donors (Lipinski definition) is 0. The minimum Gasteiger partial charge on any atom is -0.456 e. The van der Waals surface area contributed by atoms with Crippen LogP contribution in [-0.4, -0.2) is 19.5 Å². The van der Waals surface area contributed by atoms with Crippen molar-refractivity contribution in [2.24, 2.45) is 0 Å². The second kappa shape index (κ2) is 12.2. The van der Waals surface area contributed by atoms with Crippen LogP contribution >= 0.6 is 0 Å². The molecule has 59 heavy (non-hydrogen) atoms. The Morgan fingerprint density at radius 2 is 0.881 bits per heavy atom. The molecule has 0 aliphatic heterocycles. The quantitative estimate of drug-likeness (QED) is 0.167. The van der Waals surface area contributed by atoms with Gasteiger partial charge in [0.2, 0.25) is 5.95 Å². The van der Waals surface area contributed by atoms with Crippen LogP contribution in [0.4, 0.5) is 0 Å². The van der Waals surface area contributed by atoms with Gasteiger partial charge >= 0.3 is 0 Å². The van der Waals surface area contributed by atoms with Gasteiger partial charge < -0.3 is 8.83 Å². The topological polar surface area (TPSA) is 69.9 Å². The van der Waals surface area contributed by atoms with E-state index in [-0.39, 0.29) is 0 Å². The molecule has 13 aromatic rings. The van der Waals surface area contributed by atoms with Crippen LogP contribution in [0.1, 0.15) is 0 Å². The van der Waals surface area contributed by atoms with Gasteiger partial charge in [0, 0.05) is 54.4 Å². The summed E-state index contributed by atoms with van der Waals surface area (Å²) in [6, 6.07) is 63.2. The molecular formula is C53H30N4O2. The van der Waals surface area contributed by atoms with E-state index in [0.29, 0.717) is 17.6 Å². The Bertz CT molecular complexity index is 3860. The monoisotopic (exact) mass is 754 g/mol. The first-order valence-electron chi connectivity index (χ1n) is 19.8. The third kappa shape index (κ3) is 4.65. The Labute approximate surface area is 336 Å². The Balaban J connectivity index is 1.20. The van der Waals surface area contributed by atoms with Crippen LogP contribution in [0.25, 0.3) is 127 Å². The van der Waals surface area contributed by atoms with Gasteiger partial charge in [-0.1, -0.05) is 152 Å². The van der Waals surface area contributed by atoms with E-state index in [0.717, 1.165) is 98.7 Å². The fourth-order valence-corrected chi connectivity index (χ4v) is 9.32. The van der Waals surface area contributed by atoms with Gasteiger partial charge in [-0.05, 0) is 52.1 Å². The molecule has 0 bridgehead atoms. The van der Waals surface area contributed by atoms with E-state index in [1.165, 1.54) is 10.8 Å². The smallest absolute Gasteiger partial charge is 0.238 e. The lowest BCUT2D eigenvalue weighted by molar-refractivity contribution is 0.668. The van der Waals surface area contributed by atoms with Crippen molar-refractivity contribution >= 4 is 87.2 Å². The van der Waals surface area contributed by atoms with Gasteiger partial charge in [-0.15, -0.1) is 0 Å². The third-order valence-corrected chi connectivity index (χ3v) is 11.8. The van der Waals surface area contributed by atoms with Crippen molar-refractivity contribution < 1.29 is 8.83 Å². The van der Waals surface area contributed by atoms with Crippen molar-refractivity contribution in [2.75, 3.05) is 0 Å². The number of para-hydroxylation sites is 3. The second-order valence-corrected chi connectivity index (χ2v) is 15.1. The summed E-state index contributed by atoms with van der Waals surface area (Å²) in [5, 5.41) is 11.2. The van der Waals surface area contributed by atoms with Gasteiger partial charge in [0.15, 0.2) is 11.6 Å². The number of aromatic nitrogens is 4. The SMILES string of the molecule is c1ccc(-c2nc(-c3ccc4c(c3)oc3ccccc34)nc(-n3c4c(-c5cccc6oc7ccccc7c56)cccc4c4c5ccccc5c5ccccc5c43)n2)cc1. The molecule has 6 nitrogen and oxygen atoms in total. The summed E-state index contributed by atoms with van der Waals surface area (Å²) >= 11 is 0. The largest absolute Gasteiger partial charge is 0.456 e. The molecule has 0 N–H and O–H groups in total. The first-order chi connectivity index (χ1) is 29.3. The molecule has 13 rings (SSSR count). The zero-order chi connectivity index (χ0) is 38.6. The molecule has 6 heteroatoms. The zero-order valence-corrected chi connectivity index (χ0v) is 31.4. The maximum atomic E-state index is 6.45. The number of fused-ring (bicyclic) bond motifs is 14. The molecule has 4 heterocycles. The number of furan rings is 2. The Kier molecular flexibility index (Phi) is 6.63.